The van der Waals surface area contributed by atoms with Crippen LogP contribution in [-0.4, -0.2) is 6.21 Å². The highest BCUT2D eigenvalue weighted by atomic mass is 35.5. The largest absolute Gasteiger partial charge is 0.279 e. The Labute approximate surface area is 112 Å². The van der Waals surface area contributed by atoms with Crippen molar-refractivity contribution in [2.75, 3.05) is 5.43 Å². The van der Waals surface area contributed by atoms with Gasteiger partial charge in [-0.2, -0.15) is 5.10 Å². The molecule has 0 fully saturated rings. The molecule has 2 aromatic carbocycles. The molecule has 0 aromatic heterocycles. The van der Waals surface area contributed by atoms with Crippen molar-refractivity contribution in [1.82, 2.24) is 0 Å². The first-order valence-corrected chi connectivity index (χ1v) is 6.29. The minimum Gasteiger partial charge on any atom is -0.279 e. The fourth-order valence-corrected chi connectivity index (χ4v) is 1.81. The zero-order valence-electron chi connectivity index (χ0n) is 10.0. The monoisotopic (exact) mass is 258 g/mol. The summed E-state index contributed by atoms with van der Waals surface area (Å²) in [6.07, 6.45) is 3.80. The Morgan fingerprint density at radius 3 is 2.67 bits per heavy atom. The number of aryl methyl sites for hydroxylation is 1. The normalized spacial score (nSPS) is 10.7. The van der Waals surface area contributed by atoms with Gasteiger partial charge in [0.2, 0.25) is 0 Å². The van der Waals surface area contributed by atoms with Crippen LogP contribution in [-0.2, 0) is 6.42 Å². The van der Waals surface area contributed by atoms with Gasteiger partial charge in [0.25, 0.3) is 0 Å². The number of hydrogen-bond donors (Lipinski definition) is 1. The Bertz CT molecular complexity index is 509. The predicted molar refractivity (Wildman–Crippen MR) is 78.3 cm³/mol. The summed E-state index contributed by atoms with van der Waals surface area (Å²) in [5.74, 6) is 0. The summed E-state index contributed by atoms with van der Waals surface area (Å²) in [6, 6.07) is 17.9. The first kappa shape index (κ1) is 12.7. The molecule has 0 atom stereocenters. The number of anilines is 1. The van der Waals surface area contributed by atoms with E-state index in [0.717, 1.165) is 18.5 Å². The third-order valence-electron chi connectivity index (χ3n) is 2.51. The number of nitrogens with one attached hydrogen (secondary N) is 1. The van der Waals surface area contributed by atoms with Gasteiger partial charge in [0.05, 0.1) is 5.69 Å². The summed E-state index contributed by atoms with van der Waals surface area (Å²) in [7, 11) is 0. The van der Waals surface area contributed by atoms with Crippen LogP contribution in [0.25, 0.3) is 0 Å². The highest BCUT2D eigenvalue weighted by molar-refractivity contribution is 6.30. The van der Waals surface area contributed by atoms with Gasteiger partial charge in [-0.05, 0) is 36.6 Å². The Balaban J connectivity index is 1.76. The molecule has 2 rings (SSSR count). The zero-order valence-corrected chi connectivity index (χ0v) is 10.8. The van der Waals surface area contributed by atoms with E-state index in [4.69, 9.17) is 11.6 Å². The van der Waals surface area contributed by atoms with E-state index in [1.165, 1.54) is 5.56 Å². The van der Waals surface area contributed by atoms with Crippen LogP contribution in [0.2, 0.25) is 5.02 Å². The van der Waals surface area contributed by atoms with E-state index in [1.807, 2.05) is 36.5 Å². The van der Waals surface area contributed by atoms with Crippen LogP contribution in [0.4, 0.5) is 5.69 Å². The van der Waals surface area contributed by atoms with Crippen LogP contribution in [0, 0.1) is 0 Å². The second-order valence-corrected chi connectivity index (χ2v) is 4.39. The fourth-order valence-electron chi connectivity index (χ4n) is 1.62. The summed E-state index contributed by atoms with van der Waals surface area (Å²) in [5.41, 5.74) is 5.18. The van der Waals surface area contributed by atoms with E-state index in [2.05, 4.69) is 34.8 Å². The summed E-state index contributed by atoms with van der Waals surface area (Å²) in [6.45, 7) is 0. The fraction of sp³-hybridized carbons (Fsp3) is 0.133. The average molecular weight is 259 g/mol. The smallest absolute Gasteiger partial charge is 0.0576 e. The first-order chi connectivity index (χ1) is 8.84. The first-order valence-electron chi connectivity index (χ1n) is 5.91. The standard InChI is InChI=1S/C15H15ClN2/c16-14-9-4-10-15(12-14)18-17-11-5-8-13-6-2-1-3-7-13/h1-4,6-7,9-12,18H,5,8H2. The molecule has 2 nitrogen and oxygen atoms in total. The average Bonchev–Trinajstić information content (AvgIpc) is 2.40. The minimum absolute atomic E-state index is 0.708. The van der Waals surface area contributed by atoms with Crippen molar-refractivity contribution in [3.05, 3.63) is 65.2 Å². The Kier molecular flexibility index (Phi) is 4.79. The lowest BCUT2D eigenvalue weighted by molar-refractivity contribution is 1.05. The highest BCUT2D eigenvalue weighted by Crippen LogP contribution is 2.14. The van der Waals surface area contributed by atoms with Gasteiger partial charge in [0, 0.05) is 11.2 Å². The maximum Gasteiger partial charge on any atom is 0.0576 e. The van der Waals surface area contributed by atoms with Crippen molar-refractivity contribution in [2.45, 2.75) is 12.8 Å². The van der Waals surface area contributed by atoms with Crippen molar-refractivity contribution in [2.24, 2.45) is 5.10 Å². The van der Waals surface area contributed by atoms with E-state index >= 15 is 0 Å². The molecule has 92 valence electrons. The lowest BCUT2D eigenvalue weighted by atomic mass is 10.1. The zero-order chi connectivity index (χ0) is 12.6. The van der Waals surface area contributed by atoms with Gasteiger partial charge in [-0.15, -0.1) is 0 Å². The van der Waals surface area contributed by atoms with E-state index in [1.54, 1.807) is 0 Å². The molecule has 0 aliphatic rings. The number of hydrogen-bond acceptors (Lipinski definition) is 2. The molecule has 0 saturated carbocycles. The summed E-state index contributed by atoms with van der Waals surface area (Å²) >= 11 is 5.87. The van der Waals surface area contributed by atoms with Crippen molar-refractivity contribution >= 4 is 23.5 Å². The van der Waals surface area contributed by atoms with Crippen LogP contribution >= 0.6 is 11.6 Å². The van der Waals surface area contributed by atoms with Gasteiger partial charge in [-0.1, -0.05) is 48.0 Å². The molecule has 0 unspecified atom stereocenters. The van der Waals surface area contributed by atoms with Gasteiger partial charge in [-0.25, -0.2) is 0 Å². The number of hydrazone groups is 1. The van der Waals surface area contributed by atoms with Crippen molar-refractivity contribution in [1.29, 1.82) is 0 Å². The number of benzene rings is 2. The Morgan fingerprint density at radius 1 is 1.06 bits per heavy atom. The maximum absolute atomic E-state index is 5.87. The van der Waals surface area contributed by atoms with E-state index in [9.17, 15) is 0 Å². The van der Waals surface area contributed by atoms with Crippen LogP contribution in [0.5, 0.6) is 0 Å². The van der Waals surface area contributed by atoms with Crippen LogP contribution in [0.1, 0.15) is 12.0 Å². The highest BCUT2D eigenvalue weighted by Gasteiger charge is 1.91. The van der Waals surface area contributed by atoms with E-state index in [0.29, 0.717) is 5.02 Å². The third kappa shape index (κ3) is 4.22. The quantitative estimate of drug-likeness (QED) is 0.625. The van der Waals surface area contributed by atoms with Crippen LogP contribution in [0.3, 0.4) is 0 Å². The lowest BCUT2D eigenvalue weighted by Gasteiger charge is -2.00. The molecule has 0 heterocycles. The molecule has 0 radical (unpaired) electrons. The second-order valence-electron chi connectivity index (χ2n) is 3.96. The Hall–Kier alpha value is -1.80. The molecule has 2 aromatic rings. The minimum atomic E-state index is 0.708. The molecule has 0 spiro atoms. The van der Waals surface area contributed by atoms with Crippen LogP contribution < -0.4 is 5.43 Å². The molecule has 0 aliphatic heterocycles. The lowest BCUT2D eigenvalue weighted by Crippen LogP contribution is -1.91. The van der Waals surface area contributed by atoms with Gasteiger partial charge in [-0.3, -0.25) is 5.43 Å². The summed E-state index contributed by atoms with van der Waals surface area (Å²) in [5, 5.41) is 4.87. The Morgan fingerprint density at radius 2 is 1.89 bits per heavy atom. The number of nitrogens with zero attached hydrogens (tertiary/aromatic N) is 1. The molecule has 0 amide bonds. The van der Waals surface area contributed by atoms with Crippen molar-refractivity contribution < 1.29 is 0 Å². The molecule has 0 saturated heterocycles. The van der Waals surface area contributed by atoms with Crippen LogP contribution in [0.15, 0.2) is 59.7 Å². The molecule has 0 bridgehead atoms. The predicted octanol–water partition coefficient (Wildman–Crippen LogP) is 4.37. The van der Waals surface area contributed by atoms with Gasteiger partial charge >= 0.3 is 0 Å². The third-order valence-corrected chi connectivity index (χ3v) is 2.75. The van der Waals surface area contributed by atoms with E-state index in [-0.39, 0.29) is 0 Å². The van der Waals surface area contributed by atoms with Gasteiger partial charge in [0.15, 0.2) is 0 Å². The van der Waals surface area contributed by atoms with Gasteiger partial charge in [0.1, 0.15) is 0 Å². The summed E-state index contributed by atoms with van der Waals surface area (Å²) < 4.78 is 0. The molecule has 1 N–H and O–H groups in total. The summed E-state index contributed by atoms with van der Waals surface area (Å²) in [4.78, 5) is 0. The second kappa shape index (κ2) is 6.82. The molecule has 0 aliphatic carbocycles. The van der Waals surface area contributed by atoms with E-state index < -0.39 is 0 Å². The SMILES string of the molecule is Clc1cccc(NN=CCCc2ccccc2)c1. The number of rotatable bonds is 5. The number of halogens is 1. The van der Waals surface area contributed by atoms with Gasteiger partial charge < -0.3 is 0 Å². The molecule has 3 heteroatoms. The molecule has 18 heavy (non-hydrogen) atoms. The van der Waals surface area contributed by atoms with Crippen molar-refractivity contribution in [3.63, 3.8) is 0 Å². The molecular formula is C15H15ClN2. The molecular weight excluding hydrogens is 244 g/mol. The topological polar surface area (TPSA) is 24.4 Å². The maximum atomic E-state index is 5.87. The van der Waals surface area contributed by atoms with Crippen molar-refractivity contribution in [3.8, 4) is 0 Å².